The topological polar surface area (TPSA) is 47.6 Å². The number of hydrogen-bond acceptors (Lipinski definition) is 3. The minimum Gasteiger partial charge on any atom is -0.399 e. The van der Waals surface area contributed by atoms with Gasteiger partial charge in [-0.1, -0.05) is 30.3 Å². The average molecular weight is 391 g/mol. The highest BCUT2D eigenvalue weighted by Gasteiger charge is 2.51. The number of fused-ring (bicyclic) bond motifs is 1. The van der Waals surface area contributed by atoms with E-state index in [9.17, 15) is 9.18 Å². The first kappa shape index (κ1) is 19.6. The third-order valence-electron chi connectivity index (χ3n) is 5.78. The molecule has 1 aliphatic rings. The van der Waals surface area contributed by atoms with E-state index in [1.807, 2.05) is 58.0 Å². The lowest BCUT2D eigenvalue weighted by atomic mass is 9.78. The standard InChI is InChI=1S/C23H23BFNO3/c1-22(2)23(3,4)29-24(28-22)16-8-13-19-15(14-16)6-5-7-20(19)21(27)26-18-11-9-17(25)10-12-18/h5-14H,1-4H3,(H,26,27). The van der Waals surface area contributed by atoms with Crippen LogP contribution in [-0.4, -0.2) is 24.2 Å². The first-order chi connectivity index (χ1) is 13.7. The van der Waals surface area contributed by atoms with Crippen molar-refractivity contribution in [2.75, 3.05) is 5.32 Å². The molecule has 1 N–H and O–H groups in total. The van der Waals surface area contributed by atoms with E-state index < -0.39 is 18.3 Å². The molecule has 1 fully saturated rings. The first-order valence-corrected chi connectivity index (χ1v) is 9.61. The third-order valence-corrected chi connectivity index (χ3v) is 5.78. The summed E-state index contributed by atoms with van der Waals surface area (Å²) in [5, 5.41) is 4.56. The predicted molar refractivity (Wildman–Crippen MR) is 114 cm³/mol. The lowest BCUT2D eigenvalue weighted by Crippen LogP contribution is -2.41. The Bertz CT molecular complexity index is 1060. The molecule has 0 unspecified atom stereocenters. The molecule has 1 saturated heterocycles. The van der Waals surface area contributed by atoms with Crippen molar-refractivity contribution in [1.29, 1.82) is 0 Å². The fourth-order valence-electron chi connectivity index (χ4n) is 3.36. The fourth-order valence-corrected chi connectivity index (χ4v) is 3.36. The van der Waals surface area contributed by atoms with E-state index in [2.05, 4.69) is 5.32 Å². The molecule has 6 heteroatoms. The second-order valence-corrected chi connectivity index (χ2v) is 8.34. The second-order valence-electron chi connectivity index (χ2n) is 8.34. The summed E-state index contributed by atoms with van der Waals surface area (Å²) < 4.78 is 25.4. The molecule has 0 spiro atoms. The zero-order valence-corrected chi connectivity index (χ0v) is 17.0. The van der Waals surface area contributed by atoms with Gasteiger partial charge in [0.15, 0.2) is 0 Å². The Morgan fingerprint density at radius 1 is 0.931 bits per heavy atom. The van der Waals surface area contributed by atoms with Crippen LogP contribution in [0.1, 0.15) is 38.1 Å². The largest absolute Gasteiger partial charge is 0.494 e. The average Bonchev–Trinajstić information content (AvgIpc) is 2.90. The van der Waals surface area contributed by atoms with Crippen molar-refractivity contribution in [3.8, 4) is 0 Å². The van der Waals surface area contributed by atoms with Gasteiger partial charge in [-0.3, -0.25) is 4.79 Å². The Morgan fingerprint density at radius 3 is 2.24 bits per heavy atom. The maximum atomic E-state index is 13.1. The Morgan fingerprint density at radius 2 is 1.59 bits per heavy atom. The molecule has 1 amide bonds. The van der Waals surface area contributed by atoms with Crippen molar-refractivity contribution in [2.24, 2.45) is 0 Å². The van der Waals surface area contributed by atoms with E-state index in [0.29, 0.717) is 11.3 Å². The van der Waals surface area contributed by atoms with Gasteiger partial charge in [0.1, 0.15) is 5.82 Å². The number of anilines is 1. The van der Waals surface area contributed by atoms with Crippen LogP contribution in [0.25, 0.3) is 10.8 Å². The molecule has 4 rings (SSSR count). The van der Waals surface area contributed by atoms with E-state index in [4.69, 9.17) is 9.31 Å². The van der Waals surface area contributed by atoms with Gasteiger partial charge in [-0.25, -0.2) is 4.39 Å². The molecule has 148 valence electrons. The van der Waals surface area contributed by atoms with Gasteiger partial charge in [-0.15, -0.1) is 0 Å². The molecule has 0 bridgehead atoms. The number of amides is 1. The van der Waals surface area contributed by atoms with Crippen LogP contribution < -0.4 is 10.8 Å². The van der Waals surface area contributed by atoms with Crippen LogP contribution in [-0.2, 0) is 9.31 Å². The highest BCUT2D eigenvalue weighted by atomic mass is 19.1. The monoisotopic (exact) mass is 391 g/mol. The molecule has 3 aromatic carbocycles. The number of nitrogens with one attached hydrogen (secondary N) is 1. The Balaban J connectivity index is 1.63. The van der Waals surface area contributed by atoms with Gasteiger partial charge >= 0.3 is 7.12 Å². The zero-order valence-electron chi connectivity index (χ0n) is 17.0. The van der Waals surface area contributed by atoms with Crippen LogP contribution in [0.3, 0.4) is 0 Å². The van der Waals surface area contributed by atoms with Crippen LogP contribution >= 0.6 is 0 Å². The van der Waals surface area contributed by atoms with Crippen molar-refractivity contribution < 1.29 is 18.5 Å². The number of benzene rings is 3. The number of hydrogen-bond donors (Lipinski definition) is 1. The summed E-state index contributed by atoms with van der Waals surface area (Å²) in [7, 11) is -0.457. The molecule has 29 heavy (non-hydrogen) atoms. The van der Waals surface area contributed by atoms with Crippen molar-refractivity contribution in [2.45, 2.75) is 38.9 Å². The number of halogens is 1. The molecular formula is C23H23BFNO3. The number of carbonyl (C=O) groups is 1. The zero-order chi connectivity index (χ0) is 20.8. The molecule has 0 atom stereocenters. The molecule has 1 heterocycles. The maximum absolute atomic E-state index is 13.1. The summed E-state index contributed by atoms with van der Waals surface area (Å²) in [5.41, 5.74) is 1.18. The van der Waals surface area contributed by atoms with Crippen LogP contribution in [0.15, 0.2) is 60.7 Å². The number of rotatable bonds is 3. The molecular weight excluding hydrogens is 368 g/mol. The van der Waals surface area contributed by atoms with Gasteiger partial charge in [0, 0.05) is 11.3 Å². The predicted octanol–water partition coefficient (Wildman–Crippen LogP) is 4.53. The van der Waals surface area contributed by atoms with Gasteiger partial charge < -0.3 is 14.6 Å². The van der Waals surface area contributed by atoms with E-state index in [1.165, 1.54) is 24.3 Å². The van der Waals surface area contributed by atoms with E-state index >= 15 is 0 Å². The summed E-state index contributed by atoms with van der Waals surface area (Å²) in [5.74, 6) is -0.589. The Labute approximate surface area is 170 Å². The van der Waals surface area contributed by atoms with Crippen LogP contribution in [0.4, 0.5) is 10.1 Å². The van der Waals surface area contributed by atoms with Gasteiger partial charge in [0.25, 0.3) is 5.91 Å². The van der Waals surface area contributed by atoms with Gasteiger partial charge in [-0.05, 0) is 74.3 Å². The Kier molecular flexibility index (Phi) is 4.72. The SMILES string of the molecule is CC1(C)OB(c2ccc3c(C(=O)Nc4ccc(F)cc4)cccc3c2)OC1(C)C. The molecule has 0 saturated carbocycles. The van der Waals surface area contributed by atoms with Gasteiger partial charge in [0.2, 0.25) is 0 Å². The normalized spacial score (nSPS) is 17.5. The summed E-state index contributed by atoms with van der Waals surface area (Å²) in [6.07, 6.45) is 0. The molecule has 0 aliphatic carbocycles. The van der Waals surface area contributed by atoms with Gasteiger partial charge in [-0.2, -0.15) is 0 Å². The molecule has 1 aliphatic heterocycles. The molecule has 0 radical (unpaired) electrons. The summed E-state index contributed by atoms with van der Waals surface area (Å²) in [4.78, 5) is 12.8. The maximum Gasteiger partial charge on any atom is 0.494 e. The highest BCUT2D eigenvalue weighted by molar-refractivity contribution is 6.62. The minimum absolute atomic E-state index is 0.245. The third kappa shape index (κ3) is 3.66. The van der Waals surface area contributed by atoms with E-state index in [-0.39, 0.29) is 11.7 Å². The van der Waals surface area contributed by atoms with Crippen molar-refractivity contribution in [3.63, 3.8) is 0 Å². The highest BCUT2D eigenvalue weighted by Crippen LogP contribution is 2.36. The fraction of sp³-hybridized carbons (Fsp3) is 0.261. The van der Waals surface area contributed by atoms with E-state index in [1.54, 1.807) is 6.07 Å². The number of carbonyl (C=O) groups excluding carboxylic acids is 1. The minimum atomic E-state index is -0.457. The smallest absolute Gasteiger partial charge is 0.399 e. The van der Waals surface area contributed by atoms with Crippen molar-refractivity contribution >= 4 is 34.9 Å². The van der Waals surface area contributed by atoms with Crippen LogP contribution in [0.5, 0.6) is 0 Å². The van der Waals surface area contributed by atoms with Crippen LogP contribution in [0.2, 0.25) is 0 Å². The van der Waals surface area contributed by atoms with E-state index in [0.717, 1.165) is 16.2 Å². The molecule has 4 nitrogen and oxygen atoms in total. The summed E-state index contributed by atoms with van der Waals surface area (Å²) in [6, 6.07) is 17.1. The lowest BCUT2D eigenvalue weighted by Gasteiger charge is -2.32. The van der Waals surface area contributed by atoms with Crippen LogP contribution in [0, 0.1) is 5.82 Å². The lowest BCUT2D eigenvalue weighted by molar-refractivity contribution is 0.00578. The molecule has 0 aromatic heterocycles. The summed E-state index contributed by atoms with van der Waals surface area (Å²) in [6.45, 7) is 8.08. The Hall–Kier alpha value is -2.70. The quantitative estimate of drug-likeness (QED) is 0.668. The summed E-state index contributed by atoms with van der Waals surface area (Å²) >= 11 is 0. The van der Waals surface area contributed by atoms with Gasteiger partial charge in [0.05, 0.1) is 11.2 Å². The molecule has 3 aromatic rings. The first-order valence-electron chi connectivity index (χ1n) is 9.61. The second kappa shape index (κ2) is 6.97. The van der Waals surface area contributed by atoms with Crippen molar-refractivity contribution in [3.05, 3.63) is 72.0 Å². The van der Waals surface area contributed by atoms with Crippen molar-refractivity contribution in [1.82, 2.24) is 0 Å².